The molecule has 1 fully saturated rings. The van der Waals surface area contributed by atoms with Crippen LogP contribution < -0.4 is 0 Å². The van der Waals surface area contributed by atoms with Crippen molar-refractivity contribution in [2.75, 3.05) is 6.54 Å². The Hall–Kier alpha value is -2.66. The quantitative estimate of drug-likeness (QED) is 0.622. The van der Waals surface area contributed by atoms with Crippen molar-refractivity contribution in [1.29, 1.82) is 0 Å². The Bertz CT molecular complexity index is 810. The lowest BCUT2D eigenvalue weighted by Gasteiger charge is -2.12. The van der Waals surface area contributed by atoms with Crippen LogP contribution in [-0.2, 0) is 4.79 Å². The van der Waals surface area contributed by atoms with Crippen molar-refractivity contribution in [3.63, 3.8) is 0 Å². The SMILES string of the molecule is C=CCN1C(=O)/C(=C/c2ccc(C)cc2)SC1=Nc1cccnc1. The van der Waals surface area contributed by atoms with Gasteiger partial charge in [-0.3, -0.25) is 14.7 Å². The lowest BCUT2D eigenvalue weighted by atomic mass is 10.1. The van der Waals surface area contributed by atoms with E-state index in [1.165, 1.54) is 17.3 Å². The molecule has 24 heavy (non-hydrogen) atoms. The average molecular weight is 335 g/mol. The first-order valence-electron chi connectivity index (χ1n) is 7.55. The summed E-state index contributed by atoms with van der Waals surface area (Å²) in [6.45, 7) is 6.19. The maximum atomic E-state index is 12.7. The van der Waals surface area contributed by atoms with E-state index in [-0.39, 0.29) is 5.91 Å². The fourth-order valence-corrected chi connectivity index (χ4v) is 3.23. The molecule has 0 atom stereocenters. The highest BCUT2D eigenvalue weighted by molar-refractivity contribution is 8.18. The Balaban J connectivity index is 1.93. The Kier molecular flexibility index (Phi) is 4.91. The second-order valence-electron chi connectivity index (χ2n) is 5.33. The second-order valence-corrected chi connectivity index (χ2v) is 6.34. The van der Waals surface area contributed by atoms with E-state index >= 15 is 0 Å². The Morgan fingerprint density at radius 1 is 1.29 bits per heavy atom. The first-order valence-corrected chi connectivity index (χ1v) is 8.37. The fraction of sp³-hybridized carbons (Fsp3) is 0.105. The number of nitrogens with zero attached hydrogens (tertiary/aromatic N) is 3. The van der Waals surface area contributed by atoms with Crippen LogP contribution in [0.4, 0.5) is 5.69 Å². The smallest absolute Gasteiger partial charge is 0.267 e. The van der Waals surface area contributed by atoms with E-state index in [4.69, 9.17) is 0 Å². The predicted octanol–water partition coefficient (Wildman–Crippen LogP) is 4.18. The van der Waals surface area contributed by atoms with E-state index in [1.807, 2.05) is 49.4 Å². The number of carbonyl (C=O) groups excluding carboxylic acids is 1. The number of rotatable bonds is 4. The third-order valence-corrected chi connectivity index (χ3v) is 4.45. The van der Waals surface area contributed by atoms with E-state index in [9.17, 15) is 4.79 Å². The van der Waals surface area contributed by atoms with Crippen LogP contribution in [0.5, 0.6) is 0 Å². The largest absolute Gasteiger partial charge is 0.283 e. The van der Waals surface area contributed by atoms with Gasteiger partial charge in [-0.2, -0.15) is 0 Å². The monoisotopic (exact) mass is 335 g/mol. The number of thioether (sulfide) groups is 1. The highest BCUT2D eigenvalue weighted by Gasteiger charge is 2.32. The third kappa shape index (κ3) is 3.63. The zero-order chi connectivity index (χ0) is 16.9. The van der Waals surface area contributed by atoms with E-state index < -0.39 is 0 Å². The van der Waals surface area contributed by atoms with Gasteiger partial charge >= 0.3 is 0 Å². The molecule has 1 aromatic carbocycles. The number of hydrogen-bond donors (Lipinski definition) is 0. The second kappa shape index (κ2) is 7.27. The highest BCUT2D eigenvalue weighted by Crippen LogP contribution is 2.33. The molecule has 1 aliphatic heterocycles. The molecule has 1 saturated heterocycles. The Morgan fingerprint density at radius 2 is 2.08 bits per heavy atom. The molecule has 1 aromatic heterocycles. The van der Waals surface area contributed by atoms with Gasteiger partial charge < -0.3 is 0 Å². The molecule has 0 bridgehead atoms. The summed E-state index contributed by atoms with van der Waals surface area (Å²) >= 11 is 1.37. The number of benzene rings is 1. The number of amides is 1. The van der Waals surface area contributed by atoms with E-state index in [0.717, 1.165) is 11.3 Å². The number of aryl methyl sites for hydroxylation is 1. The van der Waals surface area contributed by atoms with Crippen molar-refractivity contribution in [3.8, 4) is 0 Å². The van der Waals surface area contributed by atoms with Crippen molar-refractivity contribution in [2.45, 2.75) is 6.92 Å². The minimum absolute atomic E-state index is 0.0527. The number of aliphatic imine (C=N–C) groups is 1. The van der Waals surface area contributed by atoms with Crippen molar-refractivity contribution in [3.05, 3.63) is 77.5 Å². The minimum atomic E-state index is -0.0527. The first-order chi connectivity index (χ1) is 11.7. The summed E-state index contributed by atoms with van der Waals surface area (Å²) in [7, 11) is 0. The van der Waals surface area contributed by atoms with E-state index in [1.54, 1.807) is 23.4 Å². The molecular weight excluding hydrogens is 318 g/mol. The van der Waals surface area contributed by atoms with Crippen LogP contribution in [-0.4, -0.2) is 27.5 Å². The molecule has 0 aliphatic carbocycles. The average Bonchev–Trinajstić information content (AvgIpc) is 2.87. The summed E-state index contributed by atoms with van der Waals surface area (Å²) in [5, 5.41) is 0.645. The van der Waals surface area contributed by atoms with Crippen molar-refractivity contribution in [2.24, 2.45) is 4.99 Å². The zero-order valence-corrected chi connectivity index (χ0v) is 14.2. The summed E-state index contributed by atoms with van der Waals surface area (Å²) in [6.07, 6.45) is 6.97. The first kappa shape index (κ1) is 16.2. The van der Waals surface area contributed by atoms with Gasteiger partial charge in [0.05, 0.1) is 16.8 Å². The topological polar surface area (TPSA) is 45.6 Å². The highest BCUT2D eigenvalue weighted by atomic mass is 32.2. The van der Waals surface area contributed by atoms with Crippen molar-refractivity contribution in [1.82, 2.24) is 9.88 Å². The zero-order valence-electron chi connectivity index (χ0n) is 13.3. The summed E-state index contributed by atoms with van der Waals surface area (Å²) < 4.78 is 0. The van der Waals surface area contributed by atoms with Gasteiger partial charge in [0.15, 0.2) is 5.17 Å². The predicted molar refractivity (Wildman–Crippen MR) is 100.0 cm³/mol. The molecule has 0 saturated carbocycles. The summed E-state index contributed by atoms with van der Waals surface area (Å²) in [5.74, 6) is -0.0527. The van der Waals surface area contributed by atoms with E-state index in [2.05, 4.69) is 16.6 Å². The molecule has 0 N–H and O–H groups in total. The van der Waals surface area contributed by atoms with Crippen LogP contribution in [0.15, 0.2) is 71.3 Å². The van der Waals surface area contributed by atoms with Gasteiger partial charge in [0.1, 0.15) is 0 Å². The number of amidine groups is 1. The molecule has 1 aliphatic rings. The normalized spacial score (nSPS) is 17.7. The summed E-state index contributed by atoms with van der Waals surface area (Å²) in [6, 6.07) is 11.8. The lowest BCUT2D eigenvalue weighted by Crippen LogP contribution is -2.29. The maximum Gasteiger partial charge on any atom is 0.267 e. The van der Waals surface area contributed by atoms with Gasteiger partial charge in [-0.05, 0) is 42.5 Å². The van der Waals surface area contributed by atoms with Crippen LogP contribution in [0.1, 0.15) is 11.1 Å². The van der Waals surface area contributed by atoms with Gasteiger partial charge in [0.2, 0.25) is 0 Å². The Labute approximate surface area is 145 Å². The molecule has 0 radical (unpaired) electrons. The van der Waals surface area contributed by atoms with Crippen LogP contribution in [0, 0.1) is 6.92 Å². The van der Waals surface area contributed by atoms with Crippen LogP contribution >= 0.6 is 11.8 Å². The van der Waals surface area contributed by atoms with Gasteiger partial charge in [-0.1, -0.05) is 35.9 Å². The van der Waals surface area contributed by atoms with Crippen LogP contribution in [0.2, 0.25) is 0 Å². The number of aromatic nitrogens is 1. The van der Waals surface area contributed by atoms with Crippen molar-refractivity contribution < 1.29 is 4.79 Å². The molecule has 2 heterocycles. The summed E-state index contributed by atoms with van der Waals surface area (Å²) in [5.41, 5.74) is 2.91. The number of carbonyl (C=O) groups is 1. The van der Waals surface area contributed by atoms with Gasteiger partial charge in [0.25, 0.3) is 5.91 Å². The number of pyridine rings is 1. The molecule has 4 nitrogen and oxygen atoms in total. The molecule has 2 aromatic rings. The Morgan fingerprint density at radius 3 is 2.75 bits per heavy atom. The standard InChI is InChI=1S/C19H17N3OS/c1-3-11-22-18(23)17(12-15-8-6-14(2)7-9-15)24-19(22)21-16-5-4-10-20-13-16/h3-10,12-13H,1,11H2,2H3/b17-12-,21-19?. The molecule has 120 valence electrons. The molecule has 1 amide bonds. The van der Waals surface area contributed by atoms with Gasteiger partial charge in [-0.25, -0.2) is 4.99 Å². The van der Waals surface area contributed by atoms with Gasteiger partial charge in [0, 0.05) is 12.7 Å². The molecule has 3 rings (SSSR count). The van der Waals surface area contributed by atoms with Gasteiger partial charge in [-0.15, -0.1) is 6.58 Å². The molecule has 5 heteroatoms. The molecule has 0 spiro atoms. The molecule has 0 unspecified atom stereocenters. The van der Waals surface area contributed by atoms with E-state index in [0.29, 0.717) is 16.6 Å². The molecular formula is C19H17N3OS. The van der Waals surface area contributed by atoms with Crippen LogP contribution in [0.25, 0.3) is 6.08 Å². The van der Waals surface area contributed by atoms with Crippen molar-refractivity contribution >= 4 is 34.6 Å². The van der Waals surface area contributed by atoms with Crippen LogP contribution in [0.3, 0.4) is 0 Å². The number of hydrogen-bond acceptors (Lipinski definition) is 4. The fourth-order valence-electron chi connectivity index (χ4n) is 2.23. The third-order valence-electron chi connectivity index (χ3n) is 3.45. The lowest BCUT2D eigenvalue weighted by molar-refractivity contribution is -0.121. The summed E-state index contributed by atoms with van der Waals surface area (Å²) in [4.78, 5) is 23.6. The minimum Gasteiger partial charge on any atom is -0.283 e. The maximum absolute atomic E-state index is 12.7.